The number of benzene rings is 2. The van der Waals surface area contributed by atoms with Gasteiger partial charge in [-0.1, -0.05) is 111 Å². The number of aliphatic hydroxyl groups excluding tert-OH is 1. The topological polar surface area (TPSA) is 209 Å². The highest BCUT2D eigenvalue weighted by atomic mass is 32.2. The number of carbonyl (C=O) groups is 8. The van der Waals surface area contributed by atoms with Gasteiger partial charge in [0.25, 0.3) is 0 Å². The Morgan fingerprint density at radius 1 is 0.810 bits per heavy atom. The van der Waals surface area contributed by atoms with E-state index in [9.17, 15) is 43.5 Å². The summed E-state index contributed by atoms with van der Waals surface area (Å²) in [6, 6.07) is 14.7. The number of hydrogen-bond acceptors (Lipinski definition) is 14. The van der Waals surface area contributed by atoms with Gasteiger partial charge in [0, 0.05) is 84.6 Å². The lowest BCUT2D eigenvalue weighted by Gasteiger charge is -2.41. The Morgan fingerprint density at radius 2 is 1.48 bits per heavy atom. The van der Waals surface area contributed by atoms with Crippen LogP contribution in [0.15, 0.2) is 54.6 Å². The summed E-state index contributed by atoms with van der Waals surface area (Å²) < 4.78 is 17.8. The molecular weight excluding hydrogens is 1030 g/mol. The predicted molar refractivity (Wildman–Crippen MR) is 308 cm³/mol. The van der Waals surface area contributed by atoms with E-state index >= 15 is 0 Å². The van der Waals surface area contributed by atoms with Crippen molar-refractivity contribution in [3.63, 3.8) is 0 Å². The van der Waals surface area contributed by atoms with Gasteiger partial charge in [0.05, 0.1) is 54.7 Å². The summed E-state index contributed by atoms with van der Waals surface area (Å²) >= 11 is 1.40. The van der Waals surface area contributed by atoms with Gasteiger partial charge in [0.2, 0.25) is 23.6 Å². The molecule has 0 radical (unpaired) electrons. The first-order valence-electron chi connectivity index (χ1n) is 28.5. The molecule has 4 rings (SSSR count). The molecule has 2 aromatic carbocycles. The molecule has 5 amide bonds. The first kappa shape index (κ1) is 66.3. The smallest absolute Gasteiger partial charge is 0.410 e. The summed E-state index contributed by atoms with van der Waals surface area (Å²) in [4.78, 5) is 114. The quantitative estimate of drug-likeness (QED) is 0.0496. The molecule has 2 N–H and O–H groups in total. The minimum Gasteiger partial charge on any atom is -0.445 e. The van der Waals surface area contributed by atoms with E-state index in [1.54, 1.807) is 55.3 Å². The standard InChI is InChI=1S/C61H93N5O12S/c1-14-40(6)56(51(76-11)34-53(70)65-31-21-25-48(65)58(77-12)42(8)49(68)32-41(7)57(72)44-22-17-15-18-23-44)63(9)59(73)47(38(2)3)33-50(69)55(39(4)5)64(10)61(75)78-37-43-26-28-45(29-27-43)62-36-46(67)24-19-16-20-30-66-54(71)35-52(79-13)60(66)74/h15,17-18,22-23,26-29,38-42,47-48,51-52,55-58,62,72H,14,16,19-21,24-25,30-37H2,1-13H3/t40-,41-,42-,47-,48-,51+,52?,55?,56-,57+,58+/m0/s1. The summed E-state index contributed by atoms with van der Waals surface area (Å²) in [5.74, 6) is -3.25. The molecule has 0 aliphatic carbocycles. The van der Waals surface area contributed by atoms with Gasteiger partial charge in [-0.15, -0.1) is 0 Å². The maximum atomic E-state index is 14.8. The maximum absolute atomic E-state index is 14.8. The molecule has 79 heavy (non-hydrogen) atoms. The molecule has 2 unspecified atom stereocenters. The Labute approximate surface area is 474 Å². The maximum Gasteiger partial charge on any atom is 0.410 e. The van der Waals surface area contributed by atoms with Crippen molar-refractivity contribution in [2.45, 2.75) is 174 Å². The highest BCUT2D eigenvalue weighted by Gasteiger charge is 2.44. The molecular formula is C61H93N5O12S. The number of rotatable bonds is 34. The molecule has 0 aromatic heterocycles. The van der Waals surface area contributed by atoms with E-state index in [4.69, 9.17) is 14.2 Å². The van der Waals surface area contributed by atoms with Crippen molar-refractivity contribution in [1.29, 1.82) is 0 Å². The number of nitrogens with one attached hydrogen (secondary N) is 1. The molecule has 0 saturated carbocycles. The fourth-order valence-corrected chi connectivity index (χ4v) is 12.0. The van der Waals surface area contributed by atoms with Crippen molar-refractivity contribution in [3.8, 4) is 0 Å². The monoisotopic (exact) mass is 1120 g/mol. The van der Waals surface area contributed by atoms with E-state index in [0.29, 0.717) is 50.8 Å². The van der Waals surface area contributed by atoms with Crippen molar-refractivity contribution in [2.24, 2.45) is 35.5 Å². The van der Waals surface area contributed by atoms with Crippen LogP contribution in [0.1, 0.15) is 143 Å². The number of nitrogens with zero attached hydrogens (tertiary/aromatic N) is 4. The third-order valence-electron chi connectivity index (χ3n) is 16.4. The highest BCUT2D eigenvalue weighted by molar-refractivity contribution is 8.00. The van der Waals surface area contributed by atoms with Crippen LogP contribution < -0.4 is 5.32 Å². The summed E-state index contributed by atoms with van der Waals surface area (Å²) in [7, 11) is 6.34. The Balaban J connectivity index is 1.32. The van der Waals surface area contributed by atoms with Crippen molar-refractivity contribution in [2.75, 3.05) is 59.5 Å². The van der Waals surface area contributed by atoms with Gasteiger partial charge in [-0.05, 0) is 78.9 Å². The van der Waals surface area contributed by atoms with Gasteiger partial charge in [-0.3, -0.25) is 38.5 Å². The Hall–Kier alpha value is -5.17. The number of unbranched alkanes of at least 4 members (excludes halogenated alkanes) is 2. The lowest BCUT2D eigenvalue weighted by Crippen LogP contribution is -2.54. The van der Waals surface area contributed by atoms with E-state index < -0.39 is 48.3 Å². The zero-order chi connectivity index (χ0) is 58.7. The van der Waals surface area contributed by atoms with Crippen molar-refractivity contribution < 1.29 is 57.7 Å². The third-order valence-corrected chi connectivity index (χ3v) is 17.3. The molecule has 18 heteroatoms. The number of likely N-dealkylation sites (tertiary alicyclic amines) is 2. The van der Waals surface area contributed by atoms with Gasteiger partial charge in [-0.2, -0.15) is 11.8 Å². The molecule has 2 heterocycles. The molecule has 0 spiro atoms. The molecule has 17 nitrogen and oxygen atoms in total. The molecule has 11 atom stereocenters. The van der Waals surface area contributed by atoms with Crippen LogP contribution >= 0.6 is 11.8 Å². The lowest BCUT2D eigenvalue weighted by atomic mass is 9.83. The SMILES string of the molecule is CC[C@H](C)[C@@H]([C@@H](CC(=O)N1CCC[C@H]1[C@H](OC)[C@@H](C)C(=O)C[C@H](C)[C@@H](O)c1ccccc1)OC)N(C)C(=O)[C@@H](CC(=O)C(C(C)C)N(C)C(=O)OCc1ccc(NCC(=O)CCCCCN2C(=O)CC(SC)C2=O)cc1)C(C)C. The van der Waals surface area contributed by atoms with Gasteiger partial charge in [-0.25, -0.2) is 4.79 Å². The normalized spacial score (nSPS) is 19.1. The predicted octanol–water partition coefficient (Wildman–Crippen LogP) is 8.79. The average Bonchev–Trinajstić information content (AvgIpc) is 4.04. The molecule has 2 saturated heterocycles. The average molecular weight is 1120 g/mol. The lowest BCUT2D eigenvalue weighted by molar-refractivity contribution is -0.149. The van der Waals surface area contributed by atoms with E-state index in [2.05, 4.69) is 5.32 Å². The Kier molecular flexibility index (Phi) is 27.1. The zero-order valence-electron chi connectivity index (χ0n) is 49.4. The number of ether oxygens (including phenoxy) is 3. The largest absolute Gasteiger partial charge is 0.445 e. The number of methoxy groups -OCH3 is 2. The molecule has 2 aromatic rings. The van der Waals surface area contributed by atoms with Gasteiger partial charge in [0.15, 0.2) is 11.6 Å². The van der Waals surface area contributed by atoms with Crippen LogP contribution in [0, 0.1) is 35.5 Å². The fraction of sp³-hybridized carbons (Fsp3) is 0.672. The van der Waals surface area contributed by atoms with Crippen LogP contribution in [-0.4, -0.2) is 162 Å². The number of hydrogen-bond donors (Lipinski definition) is 2. The second-order valence-electron chi connectivity index (χ2n) is 22.7. The van der Waals surface area contributed by atoms with Crippen molar-refractivity contribution in [3.05, 3.63) is 65.7 Å². The van der Waals surface area contributed by atoms with E-state index in [1.165, 1.54) is 28.6 Å². The van der Waals surface area contributed by atoms with Crippen LogP contribution in [0.25, 0.3) is 0 Å². The van der Waals surface area contributed by atoms with Crippen molar-refractivity contribution in [1.82, 2.24) is 19.6 Å². The number of likely N-dealkylation sites (N-methyl/N-ethyl adjacent to an activating group) is 2. The van der Waals surface area contributed by atoms with E-state index in [1.807, 2.05) is 92.0 Å². The first-order chi connectivity index (χ1) is 37.5. The first-order valence-corrected chi connectivity index (χ1v) is 29.8. The molecule has 2 fully saturated rings. The zero-order valence-corrected chi connectivity index (χ0v) is 50.3. The molecule has 2 aliphatic rings. The second-order valence-corrected chi connectivity index (χ2v) is 23.7. The third kappa shape index (κ3) is 18.4. The van der Waals surface area contributed by atoms with Crippen LogP contribution in [0.3, 0.4) is 0 Å². The van der Waals surface area contributed by atoms with Crippen LogP contribution in [0.5, 0.6) is 0 Å². The molecule has 0 bridgehead atoms. The number of ketones is 3. The fourth-order valence-electron chi connectivity index (χ4n) is 11.4. The summed E-state index contributed by atoms with van der Waals surface area (Å²) in [5.41, 5.74) is 2.17. The van der Waals surface area contributed by atoms with E-state index in [0.717, 1.165) is 24.1 Å². The second kappa shape index (κ2) is 32.3. The number of thioether (sulfide) groups is 1. The van der Waals surface area contributed by atoms with Crippen LogP contribution in [-0.2, 0) is 54.4 Å². The summed E-state index contributed by atoms with van der Waals surface area (Å²) in [6.07, 6.45) is 3.81. The molecule has 2 aliphatic heterocycles. The minimum absolute atomic E-state index is 0.0216. The molecule has 440 valence electrons. The number of aliphatic hydroxyl groups is 1. The number of Topliss-reactive ketones (excluding diaryl/α,β-unsaturated/α-hetero) is 3. The highest BCUT2D eigenvalue weighted by Crippen LogP contribution is 2.33. The minimum atomic E-state index is -0.886. The van der Waals surface area contributed by atoms with Gasteiger partial charge >= 0.3 is 6.09 Å². The van der Waals surface area contributed by atoms with E-state index in [-0.39, 0.29) is 115 Å². The number of imide groups is 1. The van der Waals surface area contributed by atoms with Crippen LogP contribution in [0.2, 0.25) is 0 Å². The summed E-state index contributed by atoms with van der Waals surface area (Å²) in [5, 5.41) is 13.8. The Morgan fingerprint density at radius 3 is 2.06 bits per heavy atom. The number of carbonyl (C=O) groups excluding carboxylic acids is 8. The number of anilines is 1. The Bertz CT molecular complexity index is 2320. The number of amides is 5. The van der Waals surface area contributed by atoms with Crippen LogP contribution in [0.4, 0.5) is 10.5 Å². The summed E-state index contributed by atoms with van der Waals surface area (Å²) in [6.45, 7) is 16.2. The van der Waals surface area contributed by atoms with Crippen molar-refractivity contribution >= 4 is 64.5 Å². The van der Waals surface area contributed by atoms with Gasteiger partial charge in [0.1, 0.15) is 12.4 Å². The van der Waals surface area contributed by atoms with Gasteiger partial charge < -0.3 is 39.3 Å².